The molecule has 1 unspecified atom stereocenters. The van der Waals surface area contributed by atoms with Gasteiger partial charge in [0, 0.05) is 14.9 Å². The van der Waals surface area contributed by atoms with Gasteiger partial charge in [0.1, 0.15) is 16.0 Å². The summed E-state index contributed by atoms with van der Waals surface area (Å²) in [5.41, 5.74) is 2.34. The Hall–Kier alpha value is -0.520. The van der Waals surface area contributed by atoms with Crippen LogP contribution in [0, 0.1) is 0 Å². The molecule has 5 heteroatoms. The average Bonchev–Trinajstić information content (AvgIpc) is 2.46. The molecule has 0 aromatic heterocycles. The minimum atomic E-state index is 0.156. The molecule has 0 saturated heterocycles. The van der Waals surface area contributed by atoms with E-state index in [9.17, 15) is 0 Å². The fraction of sp³-hybridized carbons (Fsp3) is 0.250. The number of hydrogen-bond donors (Lipinski definition) is 0. The molecular formula is C16H15Br3O2. The molecule has 0 bridgehead atoms. The molecule has 0 fully saturated rings. The van der Waals surface area contributed by atoms with E-state index in [2.05, 4.69) is 59.9 Å². The molecule has 2 nitrogen and oxygen atoms in total. The highest BCUT2D eigenvalue weighted by molar-refractivity contribution is 9.11. The molecule has 0 spiro atoms. The fourth-order valence-corrected chi connectivity index (χ4v) is 4.01. The van der Waals surface area contributed by atoms with Gasteiger partial charge in [-0.15, -0.1) is 0 Å². The number of benzene rings is 2. The average molecular weight is 479 g/mol. The fourth-order valence-electron chi connectivity index (χ4n) is 2.15. The van der Waals surface area contributed by atoms with Crippen molar-refractivity contribution in [3.05, 3.63) is 56.5 Å². The summed E-state index contributed by atoms with van der Waals surface area (Å²) in [5, 5.41) is 0. The second-order valence-electron chi connectivity index (χ2n) is 4.51. The zero-order valence-corrected chi connectivity index (χ0v) is 16.5. The first-order valence-corrected chi connectivity index (χ1v) is 8.86. The van der Waals surface area contributed by atoms with Gasteiger partial charge in [-0.1, -0.05) is 50.1 Å². The molecule has 1 atom stereocenters. The van der Waals surface area contributed by atoms with Crippen molar-refractivity contribution in [2.75, 3.05) is 14.2 Å². The van der Waals surface area contributed by atoms with Crippen LogP contribution in [-0.4, -0.2) is 14.2 Å². The third-order valence-corrected chi connectivity index (χ3v) is 5.22. The molecular weight excluding hydrogens is 464 g/mol. The number of rotatable bonds is 5. The van der Waals surface area contributed by atoms with Crippen LogP contribution in [0.3, 0.4) is 0 Å². The Balaban J connectivity index is 2.30. The molecule has 0 aliphatic rings. The summed E-state index contributed by atoms with van der Waals surface area (Å²) in [6.45, 7) is 0. The molecule has 2 aromatic carbocycles. The standard InChI is InChI=1S/C16H15Br3O2/c1-20-14-7-6-12(16(21-2)15(14)19)13(18)9-10-4-3-5-11(17)8-10/h3-8,13H,9H2,1-2H3. The maximum Gasteiger partial charge on any atom is 0.141 e. The summed E-state index contributed by atoms with van der Waals surface area (Å²) in [6.07, 6.45) is 0.870. The Morgan fingerprint density at radius 2 is 1.81 bits per heavy atom. The van der Waals surface area contributed by atoms with E-state index in [4.69, 9.17) is 9.47 Å². The van der Waals surface area contributed by atoms with Gasteiger partial charge in [-0.2, -0.15) is 0 Å². The molecule has 0 N–H and O–H groups in total. The summed E-state index contributed by atoms with van der Waals surface area (Å²) in [7, 11) is 3.31. The molecule has 0 amide bonds. The van der Waals surface area contributed by atoms with Crippen LogP contribution in [0.15, 0.2) is 45.3 Å². The molecule has 2 aromatic rings. The third-order valence-electron chi connectivity index (χ3n) is 3.16. The van der Waals surface area contributed by atoms with Gasteiger partial charge >= 0.3 is 0 Å². The highest BCUT2D eigenvalue weighted by Crippen LogP contribution is 2.42. The quantitative estimate of drug-likeness (QED) is 0.497. The van der Waals surface area contributed by atoms with Gasteiger partial charge in [0.15, 0.2) is 0 Å². The highest BCUT2D eigenvalue weighted by atomic mass is 79.9. The van der Waals surface area contributed by atoms with Crippen LogP contribution < -0.4 is 9.47 Å². The molecule has 0 saturated carbocycles. The van der Waals surface area contributed by atoms with Crippen molar-refractivity contribution < 1.29 is 9.47 Å². The molecule has 0 aliphatic heterocycles. The van der Waals surface area contributed by atoms with Gasteiger partial charge in [-0.25, -0.2) is 0 Å². The van der Waals surface area contributed by atoms with Gasteiger partial charge in [0.25, 0.3) is 0 Å². The first-order valence-electron chi connectivity index (χ1n) is 6.35. The molecule has 0 heterocycles. The first kappa shape index (κ1) is 16.8. The lowest BCUT2D eigenvalue weighted by molar-refractivity contribution is 0.386. The van der Waals surface area contributed by atoms with Crippen LogP contribution >= 0.6 is 47.8 Å². The molecule has 112 valence electrons. The van der Waals surface area contributed by atoms with Gasteiger partial charge in [-0.3, -0.25) is 0 Å². The summed E-state index contributed by atoms with van der Waals surface area (Å²) >= 11 is 10.8. The monoisotopic (exact) mass is 476 g/mol. The zero-order chi connectivity index (χ0) is 15.4. The predicted molar refractivity (Wildman–Crippen MR) is 96.8 cm³/mol. The molecule has 21 heavy (non-hydrogen) atoms. The second-order valence-corrected chi connectivity index (χ2v) is 7.32. The van der Waals surface area contributed by atoms with Crippen molar-refractivity contribution in [1.29, 1.82) is 0 Å². The number of halogens is 3. The first-order chi connectivity index (χ1) is 10.1. The van der Waals surface area contributed by atoms with Crippen LogP contribution in [0.1, 0.15) is 16.0 Å². The second kappa shape index (κ2) is 7.65. The smallest absolute Gasteiger partial charge is 0.141 e. The van der Waals surface area contributed by atoms with E-state index in [1.807, 2.05) is 24.3 Å². The van der Waals surface area contributed by atoms with E-state index >= 15 is 0 Å². The van der Waals surface area contributed by atoms with Crippen LogP contribution in [0.2, 0.25) is 0 Å². The Morgan fingerprint density at radius 3 is 2.43 bits per heavy atom. The Bertz CT molecular complexity index is 629. The number of alkyl halides is 1. The molecule has 0 aliphatic carbocycles. The van der Waals surface area contributed by atoms with Crippen molar-refractivity contribution in [1.82, 2.24) is 0 Å². The number of ether oxygens (including phenoxy) is 2. The van der Waals surface area contributed by atoms with Crippen LogP contribution in [-0.2, 0) is 6.42 Å². The van der Waals surface area contributed by atoms with Crippen molar-refractivity contribution in [3.63, 3.8) is 0 Å². The van der Waals surface area contributed by atoms with Gasteiger partial charge in [0.2, 0.25) is 0 Å². The number of hydrogen-bond acceptors (Lipinski definition) is 2. The summed E-state index contributed by atoms with van der Waals surface area (Å²) in [6, 6.07) is 12.3. The third kappa shape index (κ3) is 4.02. The van der Waals surface area contributed by atoms with Crippen LogP contribution in [0.4, 0.5) is 0 Å². The lowest BCUT2D eigenvalue weighted by atomic mass is 10.0. The molecule has 2 rings (SSSR count). The molecule has 0 radical (unpaired) electrons. The Labute approximate surface area is 150 Å². The summed E-state index contributed by atoms with van der Waals surface area (Å²) in [4.78, 5) is 0.156. The van der Waals surface area contributed by atoms with Crippen LogP contribution in [0.25, 0.3) is 0 Å². The number of methoxy groups -OCH3 is 2. The van der Waals surface area contributed by atoms with Gasteiger partial charge in [-0.05, 0) is 46.1 Å². The SMILES string of the molecule is COc1ccc(C(Br)Cc2cccc(Br)c2)c(OC)c1Br. The van der Waals surface area contributed by atoms with Crippen molar-refractivity contribution in [2.24, 2.45) is 0 Å². The topological polar surface area (TPSA) is 18.5 Å². The largest absolute Gasteiger partial charge is 0.495 e. The van der Waals surface area contributed by atoms with Crippen molar-refractivity contribution >= 4 is 47.8 Å². The van der Waals surface area contributed by atoms with E-state index in [0.717, 1.165) is 32.4 Å². The Morgan fingerprint density at radius 1 is 1.05 bits per heavy atom. The lowest BCUT2D eigenvalue weighted by Gasteiger charge is -2.17. The van der Waals surface area contributed by atoms with Gasteiger partial charge < -0.3 is 9.47 Å². The van der Waals surface area contributed by atoms with E-state index in [1.165, 1.54) is 5.56 Å². The van der Waals surface area contributed by atoms with Gasteiger partial charge in [0.05, 0.1) is 14.2 Å². The maximum atomic E-state index is 5.54. The van der Waals surface area contributed by atoms with Crippen molar-refractivity contribution in [3.8, 4) is 11.5 Å². The Kier molecular flexibility index (Phi) is 6.14. The summed E-state index contributed by atoms with van der Waals surface area (Å²) < 4.78 is 12.8. The van der Waals surface area contributed by atoms with E-state index in [-0.39, 0.29) is 4.83 Å². The van der Waals surface area contributed by atoms with E-state index < -0.39 is 0 Å². The van der Waals surface area contributed by atoms with E-state index in [1.54, 1.807) is 14.2 Å². The minimum absolute atomic E-state index is 0.156. The van der Waals surface area contributed by atoms with Crippen molar-refractivity contribution in [2.45, 2.75) is 11.2 Å². The van der Waals surface area contributed by atoms with Crippen LogP contribution in [0.5, 0.6) is 11.5 Å². The summed E-state index contributed by atoms with van der Waals surface area (Å²) in [5.74, 6) is 1.56. The predicted octanol–water partition coefficient (Wildman–Crippen LogP) is 5.91. The normalized spacial score (nSPS) is 12.0. The maximum absolute atomic E-state index is 5.54. The minimum Gasteiger partial charge on any atom is -0.495 e. The zero-order valence-electron chi connectivity index (χ0n) is 11.7. The highest BCUT2D eigenvalue weighted by Gasteiger charge is 2.19. The lowest BCUT2D eigenvalue weighted by Crippen LogP contribution is -2.01. The van der Waals surface area contributed by atoms with E-state index in [0.29, 0.717) is 0 Å².